The first-order valence-electron chi connectivity index (χ1n) is 9.96. The van der Waals surface area contributed by atoms with Gasteiger partial charge in [0.15, 0.2) is 0 Å². The lowest BCUT2D eigenvalue weighted by Crippen LogP contribution is -2.22. The fourth-order valence-corrected chi connectivity index (χ4v) is 4.30. The minimum absolute atomic E-state index is 0.0228. The van der Waals surface area contributed by atoms with E-state index in [1.54, 1.807) is 13.0 Å². The summed E-state index contributed by atoms with van der Waals surface area (Å²) in [5, 5.41) is 7.20. The predicted octanol–water partition coefficient (Wildman–Crippen LogP) is 3.71. The van der Waals surface area contributed by atoms with Gasteiger partial charge >= 0.3 is 0 Å². The number of hydrogen-bond acceptors (Lipinski definition) is 7. The van der Waals surface area contributed by atoms with Crippen molar-refractivity contribution in [1.29, 1.82) is 0 Å². The largest absolute Gasteiger partial charge is 0.495 e. The number of ether oxygens (including phenoxy) is 1. The molecule has 0 spiro atoms. The summed E-state index contributed by atoms with van der Waals surface area (Å²) in [7, 11) is 0.601. The number of methoxy groups -OCH3 is 1. The van der Waals surface area contributed by atoms with Gasteiger partial charge in [0, 0.05) is 19.7 Å². The standard InChI is InChI=1S/C23H22N4O5S/c1-14-21-17(13-18(25-23(21)32-26-14)15-8-6-5-7-9-15)22(28)24-19-12-16(10-11-20(19)31-4)33(29,30)27(2)3/h5-13H,1-4H3,(H,24,28). The van der Waals surface area contributed by atoms with Gasteiger partial charge in [-0.2, -0.15) is 0 Å². The first kappa shape index (κ1) is 22.4. The van der Waals surface area contributed by atoms with Crippen LogP contribution in [0.3, 0.4) is 0 Å². The quantitative estimate of drug-likeness (QED) is 0.461. The fraction of sp³-hybridized carbons (Fsp3) is 0.174. The Kier molecular flexibility index (Phi) is 5.88. The third-order valence-corrected chi connectivity index (χ3v) is 6.94. The number of rotatable bonds is 6. The Morgan fingerprint density at radius 1 is 1.09 bits per heavy atom. The molecule has 1 N–H and O–H groups in total. The number of carbonyl (C=O) groups excluding carboxylic acids is 1. The first-order chi connectivity index (χ1) is 15.7. The summed E-state index contributed by atoms with van der Waals surface area (Å²) in [6.07, 6.45) is 0. The Morgan fingerprint density at radius 3 is 2.48 bits per heavy atom. The third-order valence-electron chi connectivity index (χ3n) is 5.13. The van der Waals surface area contributed by atoms with Crippen LogP contribution >= 0.6 is 0 Å². The molecule has 0 aliphatic rings. The molecule has 2 aromatic heterocycles. The van der Waals surface area contributed by atoms with Crippen LogP contribution in [0.1, 0.15) is 16.1 Å². The number of aryl methyl sites for hydroxylation is 1. The molecule has 2 heterocycles. The summed E-state index contributed by atoms with van der Waals surface area (Å²) in [6, 6.07) is 15.3. The fourth-order valence-electron chi connectivity index (χ4n) is 3.38. The minimum atomic E-state index is -3.71. The van der Waals surface area contributed by atoms with Gasteiger partial charge in [0.2, 0.25) is 10.0 Å². The number of carbonyl (C=O) groups is 1. The second-order valence-electron chi connectivity index (χ2n) is 7.47. The zero-order valence-corrected chi connectivity index (χ0v) is 19.3. The maximum atomic E-state index is 13.4. The Bertz CT molecular complexity index is 1450. The van der Waals surface area contributed by atoms with Crippen molar-refractivity contribution in [1.82, 2.24) is 14.4 Å². The molecule has 0 bridgehead atoms. The van der Waals surface area contributed by atoms with Crippen molar-refractivity contribution in [3.05, 3.63) is 65.9 Å². The van der Waals surface area contributed by atoms with E-state index in [-0.39, 0.29) is 16.3 Å². The zero-order valence-electron chi connectivity index (χ0n) is 18.5. The molecule has 33 heavy (non-hydrogen) atoms. The highest BCUT2D eigenvalue weighted by molar-refractivity contribution is 7.89. The summed E-state index contributed by atoms with van der Waals surface area (Å²) in [5.41, 5.74) is 2.60. The van der Waals surface area contributed by atoms with Crippen LogP contribution in [0.4, 0.5) is 5.69 Å². The summed E-state index contributed by atoms with van der Waals surface area (Å²) in [5.74, 6) is -0.166. The number of pyridine rings is 1. The van der Waals surface area contributed by atoms with Gasteiger partial charge in [-0.25, -0.2) is 17.7 Å². The topological polar surface area (TPSA) is 115 Å². The zero-order chi connectivity index (χ0) is 23.8. The van der Waals surface area contributed by atoms with Gasteiger partial charge in [0.1, 0.15) is 5.75 Å². The molecule has 1 amide bonds. The molecule has 4 aromatic rings. The highest BCUT2D eigenvalue weighted by Crippen LogP contribution is 2.31. The molecule has 0 aliphatic heterocycles. The molecule has 4 rings (SSSR count). The number of sulfonamides is 1. The molecular formula is C23H22N4O5S. The number of anilines is 1. The average molecular weight is 467 g/mol. The second kappa shape index (κ2) is 8.64. The monoisotopic (exact) mass is 466 g/mol. The van der Waals surface area contributed by atoms with E-state index in [0.29, 0.717) is 28.1 Å². The van der Waals surface area contributed by atoms with Gasteiger partial charge in [0.25, 0.3) is 11.6 Å². The molecule has 0 radical (unpaired) electrons. The first-order valence-corrected chi connectivity index (χ1v) is 11.4. The molecule has 0 saturated carbocycles. The predicted molar refractivity (Wildman–Crippen MR) is 124 cm³/mol. The molecule has 2 aromatic carbocycles. The van der Waals surface area contributed by atoms with Crippen molar-refractivity contribution >= 4 is 32.7 Å². The molecular weight excluding hydrogens is 444 g/mol. The van der Waals surface area contributed by atoms with Crippen molar-refractivity contribution in [2.75, 3.05) is 26.5 Å². The van der Waals surface area contributed by atoms with Gasteiger partial charge < -0.3 is 14.6 Å². The van der Waals surface area contributed by atoms with Crippen LogP contribution in [0.25, 0.3) is 22.4 Å². The van der Waals surface area contributed by atoms with E-state index in [4.69, 9.17) is 9.26 Å². The summed E-state index contributed by atoms with van der Waals surface area (Å²) >= 11 is 0. The van der Waals surface area contributed by atoms with Crippen LogP contribution in [-0.2, 0) is 10.0 Å². The third kappa shape index (κ3) is 4.18. The summed E-state index contributed by atoms with van der Waals surface area (Å²) in [6.45, 7) is 1.72. The molecule has 0 fully saturated rings. The van der Waals surface area contributed by atoms with Crippen LogP contribution in [0.2, 0.25) is 0 Å². The number of fused-ring (bicyclic) bond motifs is 1. The van der Waals surface area contributed by atoms with Gasteiger partial charge in [0.05, 0.1) is 40.0 Å². The smallest absolute Gasteiger partial charge is 0.259 e. The number of nitrogens with zero attached hydrogens (tertiary/aromatic N) is 3. The van der Waals surface area contributed by atoms with E-state index in [1.807, 2.05) is 30.3 Å². The molecule has 0 atom stereocenters. The normalized spacial score (nSPS) is 11.7. The molecule has 9 nitrogen and oxygen atoms in total. The van der Waals surface area contributed by atoms with E-state index >= 15 is 0 Å². The lowest BCUT2D eigenvalue weighted by atomic mass is 10.0. The summed E-state index contributed by atoms with van der Waals surface area (Å²) in [4.78, 5) is 17.9. The van der Waals surface area contributed by atoms with Crippen molar-refractivity contribution < 1.29 is 22.5 Å². The van der Waals surface area contributed by atoms with Crippen LogP contribution < -0.4 is 10.1 Å². The van der Waals surface area contributed by atoms with Crippen molar-refractivity contribution in [3.63, 3.8) is 0 Å². The highest BCUT2D eigenvalue weighted by Gasteiger charge is 2.23. The highest BCUT2D eigenvalue weighted by atomic mass is 32.2. The second-order valence-corrected chi connectivity index (χ2v) is 9.62. The molecule has 0 saturated heterocycles. The van der Waals surface area contributed by atoms with E-state index in [2.05, 4.69) is 15.5 Å². The minimum Gasteiger partial charge on any atom is -0.495 e. The molecule has 0 aliphatic carbocycles. The number of amides is 1. The maximum Gasteiger partial charge on any atom is 0.259 e. The number of aromatic nitrogens is 2. The van der Waals surface area contributed by atoms with Crippen LogP contribution in [0.15, 0.2) is 64.0 Å². The summed E-state index contributed by atoms with van der Waals surface area (Å²) < 4.78 is 36.9. The Hall–Kier alpha value is -3.76. The van der Waals surface area contributed by atoms with Crippen molar-refractivity contribution in [2.45, 2.75) is 11.8 Å². The molecule has 170 valence electrons. The Balaban J connectivity index is 1.81. The number of nitrogens with one attached hydrogen (secondary N) is 1. The van der Waals surface area contributed by atoms with E-state index in [9.17, 15) is 13.2 Å². The number of hydrogen-bond donors (Lipinski definition) is 1. The Labute approximate surface area is 191 Å². The van der Waals surface area contributed by atoms with E-state index in [1.165, 1.54) is 39.4 Å². The van der Waals surface area contributed by atoms with Gasteiger partial charge in [-0.05, 0) is 31.2 Å². The van der Waals surface area contributed by atoms with Crippen molar-refractivity contribution in [3.8, 4) is 17.0 Å². The van der Waals surface area contributed by atoms with E-state index in [0.717, 1.165) is 9.87 Å². The van der Waals surface area contributed by atoms with E-state index < -0.39 is 15.9 Å². The Morgan fingerprint density at radius 2 is 1.82 bits per heavy atom. The van der Waals surface area contributed by atoms with Crippen LogP contribution in [-0.4, -0.2) is 50.0 Å². The lowest BCUT2D eigenvalue weighted by Gasteiger charge is -2.15. The number of benzene rings is 2. The van der Waals surface area contributed by atoms with Crippen LogP contribution in [0.5, 0.6) is 5.75 Å². The lowest BCUT2D eigenvalue weighted by molar-refractivity contribution is 0.102. The average Bonchev–Trinajstić information content (AvgIpc) is 3.19. The SMILES string of the molecule is COc1ccc(S(=O)(=O)N(C)C)cc1NC(=O)c1cc(-c2ccccc2)nc2onc(C)c12. The van der Waals surface area contributed by atoms with Gasteiger partial charge in [-0.15, -0.1) is 0 Å². The van der Waals surface area contributed by atoms with Gasteiger partial charge in [-0.1, -0.05) is 35.5 Å². The van der Waals surface area contributed by atoms with Crippen LogP contribution in [0, 0.1) is 6.92 Å². The molecule has 10 heteroatoms. The molecule has 0 unspecified atom stereocenters. The van der Waals surface area contributed by atoms with Crippen molar-refractivity contribution in [2.24, 2.45) is 0 Å². The van der Waals surface area contributed by atoms with Gasteiger partial charge in [-0.3, -0.25) is 4.79 Å². The maximum absolute atomic E-state index is 13.4.